The Morgan fingerprint density at radius 1 is 1.46 bits per heavy atom. The van der Waals surface area contributed by atoms with E-state index in [1.54, 1.807) is 12.0 Å². The summed E-state index contributed by atoms with van der Waals surface area (Å²) in [7, 11) is 1.57. The zero-order chi connectivity index (χ0) is 19.7. The largest absolute Gasteiger partial charge is 0.493 e. The first-order valence-electron chi connectivity index (χ1n) is 9.64. The number of likely N-dealkylation sites (tertiary alicyclic amines) is 1. The van der Waals surface area contributed by atoms with Gasteiger partial charge in [0, 0.05) is 18.5 Å². The van der Waals surface area contributed by atoms with E-state index in [1.165, 1.54) is 6.08 Å². The van der Waals surface area contributed by atoms with Gasteiger partial charge in [0.1, 0.15) is 6.61 Å². The van der Waals surface area contributed by atoms with Crippen LogP contribution in [-0.2, 0) is 21.4 Å². The summed E-state index contributed by atoms with van der Waals surface area (Å²) in [5, 5.41) is 12.0. The Labute approximate surface area is 162 Å². The summed E-state index contributed by atoms with van der Waals surface area (Å²) in [6.45, 7) is 4.09. The second-order valence-electron chi connectivity index (χ2n) is 8.02. The molecule has 0 radical (unpaired) electrons. The monoisotopic (exact) mass is 385 g/mol. The fourth-order valence-electron chi connectivity index (χ4n) is 5.91. The Balaban J connectivity index is 1.68. The summed E-state index contributed by atoms with van der Waals surface area (Å²) in [6.07, 6.45) is 1.76. The van der Waals surface area contributed by atoms with Gasteiger partial charge in [-0.05, 0) is 30.9 Å². The van der Waals surface area contributed by atoms with Gasteiger partial charge in [0.2, 0.25) is 0 Å². The number of hydrogen-bond acceptors (Lipinski definition) is 6. The van der Waals surface area contributed by atoms with E-state index in [4.69, 9.17) is 14.2 Å². The molecule has 1 amide bonds. The number of Topliss-reactive ketones (excluding diaryl/α,β-unsaturated/α-hetero) is 1. The Morgan fingerprint density at radius 2 is 2.29 bits per heavy atom. The van der Waals surface area contributed by atoms with Gasteiger partial charge in [-0.3, -0.25) is 4.79 Å². The summed E-state index contributed by atoms with van der Waals surface area (Å²) in [5.74, 6) is 1.14. The van der Waals surface area contributed by atoms with Crippen molar-refractivity contribution < 1.29 is 28.9 Å². The number of nitrogens with zero attached hydrogens (tertiary/aromatic N) is 1. The first-order chi connectivity index (χ1) is 13.5. The molecule has 1 N–H and O–H groups in total. The molecule has 2 aliphatic carbocycles. The summed E-state index contributed by atoms with van der Waals surface area (Å²) in [5.41, 5.74) is -0.215. The van der Waals surface area contributed by atoms with Crippen LogP contribution in [-0.4, -0.2) is 59.9 Å². The lowest BCUT2D eigenvalue weighted by molar-refractivity contribution is -0.183. The number of benzene rings is 1. The fraction of sp³-hybridized carbons (Fsp3) is 0.524. The van der Waals surface area contributed by atoms with Crippen molar-refractivity contribution in [3.05, 3.63) is 35.9 Å². The van der Waals surface area contributed by atoms with E-state index in [9.17, 15) is 14.7 Å². The number of methoxy groups -OCH3 is 1. The van der Waals surface area contributed by atoms with Crippen LogP contribution in [0.3, 0.4) is 0 Å². The standard InChI is InChI=1S/C21H23NO6/c1-3-10-27-19(24)22-9-8-20-16-12-4-5-14(26-2)17(16)28-18(20)13(23)6-7-21(20,25)15(22)11-12/h3-5,15,18,25H,1,6-11H2,2H3/t15-,18+,20+,21-/m1/s1. The smallest absolute Gasteiger partial charge is 0.410 e. The van der Waals surface area contributed by atoms with E-state index in [0.717, 1.165) is 11.1 Å². The van der Waals surface area contributed by atoms with Gasteiger partial charge < -0.3 is 24.2 Å². The van der Waals surface area contributed by atoms with Crippen LogP contribution in [0.25, 0.3) is 0 Å². The van der Waals surface area contributed by atoms with Gasteiger partial charge >= 0.3 is 6.09 Å². The number of ketones is 1. The predicted octanol–water partition coefficient (Wildman–Crippen LogP) is 1.74. The van der Waals surface area contributed by atoms with Crippen molar-refractivity contribution in [2.24, 2.45) is 0 Å². The maximum atomic E-state index is 12.8. The third-order valence-corrected chi connectivity index (χ3v) is 7.02. The third-order valence-electron chi connectivity index (χ3n) is 7.02. The predicted molar refractivity (Wildman–Crippen MR) is 98.6 cm³/mol. The van der Waals surface area contributed by atoms with Crippen LogP contribution in [0.5, 0.6) is 11.5 Å². The lowest BCUT2D eigenvalue weighted by atomic mass is 9.49. The summed E-state index contributed by atoms with van der Waals surface area (Å²) in [6, 6.07) is 3.31. The number of hydrogen-bond donors (Lipinski definition) is 1. The SMILES string of the molecule is C=CCOC(=O)N1CC[C@]23c4c5ccc(OC)c4O[C@H]2C(=O)CC[C@@]3(O)[C@H]1C5. The number of amides is 1. The van der Waals surface area contributed by atoms with E-state index < -0.39 is 29.3 Å². The van der Waals surface area contributed by atoms with Gasteiger partial charge in [0.25, 0.3) is 0 Å². The van der Waals surface area contributed by atoms with Crippen LogP contribution in [0, 0.1) is 0 Å². The maximum absolute atomic E-state index is 12.8. The quantitative estimate of drug-likeness (QED) is 0.798. The van der Waals surface area contributed by atoms with Crippen LogP contribution in [0.1, 0.15) is 30.4 Å². The van der Waals surface area contributed by atoms with E-state index in [2.05, 4.69) is 6.58 Å². The molecule has 5 rings (SSSR count). The number of carbonyl (C=O) groups is 2. The molecule has 0 aromatic heterocycles. The Morgan fingerprint density at radius 3 is 3.04 bits per heavy atom. The minimum absolute atomic E-state index is 0.00258. The highest BCUT2D eigenvalue weighted by molar-refractivity contribution is 5.90. The number of rotatable bonds is 3. The summed E-state index contributed by atoms with van der Waals surface area (Å²) < 4.78 is 16.9. The molecule has 1 saturated carbocycles. The zero-order valence-electron chi connectivity index (χ0n) is 15.8. The van der Waals surface area contributed by atoms with Crippen molar-refractivity contribution in [3.8, 4) is 11.5 Å². The average molecular weight is 385 g/mol. The highest BCUT2D eigenvalue weighted by atomic mass is 16.6. The number of piperidine rings is 1. The molecule has 7 nitrogen and oxygen atoms in total. The Hall–Kier alpha value is -2.54. The van der Waals surface area contributed by atoms with Crippen LogP contribution in [0.15, 0.2) is 24.8 Å². The first kappa shape index (κ1) is 17.6. The maximum Gasteiger partial charge on any atom is 0.410 e. The van der Waals surface area contributed by atoms with Gasteiger partial charge in [-0.2, -0.15) is 0 Å². The molecular formula is C21H23NO6. The highest BCUT2D eigenvalue weighted by Gasteiger charge is 2.73. The lowest BCUT2D eigenvalue weighted by Gasteiger charge is -2.61. The van der Waals surface area contributed by atoms with E-state index in [-0.39, 0.29) is 18.8 Å². The molecule has 0 unspecified atom stereocenters. The van der Waals surface area contributed by atoms with Crippen molar-refractivity contribution in [1.82, 2.24) is 4.90 Å². The Bertz CT molecular complexity index is 897. The molecule has 1 spiro atoms. The van der Waals surface area contributed by atoms with E-state index in [0.29, 0.717) is 37.3 Å². The second-order valence-corrected chi connectivity index (χ2v) is 8.02. The molecule has 2 fully saturated rings. The normalized spacial score (nSPS) is 34.4. The van der Waals surface area contributed by atoms with Gasteiger partial charge in [-0.25, -0.2) is 4.79 Å². The van der Waals surface area contributed by atoms with Crippen molar-refractivity contribution in [3.63, 3.8) is 0 Å². The lowest BCUT2D eigenvalue weighted by Crippen LogP contribution is -2.77. The molecule has 2 aliphatic heterocycles. The van der Waals surface area contributed by atoms with Gasteiger partial charge in [-0.15, -0.1) is 0 Å². The number of ether oxygens (including phenoxy) is 3. The number of aliphatic hydroxyl groups is 1. The Kier molecular flexibility index (Phi) is 3.59. The van der Waals surface area contributed by atoms with Crippen LogP contribution < -0.4 is 9.47 Å². The second kappa shape index (κ2) is 5.73. The van der Waals surface area contributed by atoms with Crippen molar-refractivity contribution in [2.45, 2.75) is 48.8 Å². The molecule has 1 aromatic carbocycles. The molecule has 2 bridgehead atoms. The molecular weight excluding hydrogens is 362 g/mol. The first-order valence-corrected chi connectivity index (χ1v) is 9.64. The fourth-order valence-corrected chi connectivity index (χ4v) is 5.91. The summed E-state index contributed by atoms with van der Waals surface area (Å²) in [4.78, 5) is 27.1. The molecule has 148 valence electrons. The third kappa shape index (κ3) is 1.87. The topological polar surface area (TPSA) is 85.3 Å². The van der Waals surface area contributed by atoms with Crippen molar-refractivity contribution in [2.75, 3.05) is 20.3 Å². The van der Waals surface area contributed by atoms with E-state index in [1.807, 2.05) is 12.1 Å². The molecule has 4 atom stereocenters. The van der Waals surface area contributed by atoms with Crippen LogP contribution in [0.2, 0.25) is 0 Å². The van der Waals surface area contributed by atoms with Gasteiger partial charge in [-0.1, -0.05) is 18.7 Å². The molecule has 7 heteroatoms. The van der Waals surface area contributed by atoms with Crippen LogP contribution >= 0.6 is 0 Å². The van der Waals surface area contributed by atoms with Gasteiger partial charge in [0.05, 0.1) is 24.2 Å². The average Bonchev–Trinajstić information content (AvgIpc) is 3.04. The molecule has 28 heavy (non-hydrogen) atoms. The summed E-state index contributed by atoms with van der Waals surface area (Å²) >= 11 is 0. The van der Waals surface area contributed by atoms with Crippen molar-refractivity contribution in [1.29, 1.82) is 0 Å². The number of carbonyl (C=O) groups excluding carboxylic acids is 2. The van der Waals surface area contributed by atoms with Crippen molar-refractivity contribution >= 4 is 11.9 Å². The van der Waals surface area contributed by atoms with Gasteiger partial charge in [0.15, 0.2) is 23.4 Å². The van der Waals surface area contributed by atoms with E-state index >= 15 is 0 Å². The highest BCUT2D eigenvalue weighted by Crippen LogP contribution is 2.64. The zero-order valence-corrected chi connectivity index (χ0v) is 15.8. The molecule has 2 heterocycles. The minimum atomic E-state index is -1.25. The molecule has 1 saturated heterocycles. The molecule has 1 aromatic rings. The minimum Gasteiger partial charge on any atom is -0.493 e. The van der Waals surface area contributed by atoms with Crippen LogP contribution in [0.4, 0.5) is 4.79 Å². The molecule has 4 aliphatic rings.